The fourth-order valence-corrected chi connectivity index (χ4v) is 4.64. The van der Waals surface area contributed by atoms with Crippen LogP contribution in [0.1, 0.15) is 13.3 Å². The lowest BCUT2D eigenvalue weighted by Crippen LogP contribution is -2.38. The van der Waals surface area contributed by atoms with Crippen LogP contribution in [0.4, 0.5) is 10.7 Å². The highest BCUT2D eigenvalue weighted by atomic mass is 32.2. The summed E-state index contributed by atoms with van der Waals surface area (Å²) in [6.45, 7) is 2.87. The minimum absolute atomic E-state index is 0.00257. The average Bonchev–Trinajstić information content (AvgIpc) is 3.07. The Morgan fingerprint density at radius 1 is 1.62 bits per heavy atom. The van der Waals surface area contributed by atoms with E-state index >= 15 is 0 Å². The molecule has 9 nitrogen and oxygen atoms in total. The van der Waals surface area contributed by atoms with E-state index in [1.807, 2.05) is 0 Å². The zero-order valence-corrected chi connectivity index (χ0v) is 12.9. The number of anilines is 1. The molecule has 4 N–H and O–H groups in total. The number of nitrogen functional groups attached to an aromatic ring is 1. The normalized spacial score (nSPS) is 20.4. The topological polar surface area (TPSA) is 137 Å². The molecule has 0 saturated carbocycles. The lowest BCUT2D eigenvalue weighted by Gasteiger charge is -2.18. The van der Waals surface area contributed by atoms with Gasteiger partial charge in [0, 0.05) is 24.6 Å². The number of sulfonamides is 1. The first kappa shape index (κ1) is 16.1. The van der Waals surface area contributed by atoms with Crippen molar-refractivity contribution in [3.63, 3.8) is 0 Å². The van der Waals surface area contributed by atoms with Crippen molar-refractivity contribution in [2.24, 2.45) is 11.8 Å². The molecule has 2 atom stereocenters. The molecule has 2 heterocycles. The van der Waals surface area contributed by atoms with Crippen molar-refractivity contribution in [1.82, 2.24) is 4.72 Å². The molecule has 1 aromatic heterocycles. The summed E-state index contributed by atoms with van der Waals surface area (Å²) in [4.78, 5) is 10.2. The van der Waals surface area contributed by atoms with Gasteiger partial charge >= 0.3 is 5.69 Å². The summed E-state index contributed by atoms with van der Waals surface area (Å²) in [5, 5.41) is 10.8. The Morgan fingerprint density at radius 2 is 2.33 bits per heavy atom. The molecule has 1 saturated heterocycles. The first-order valence-corrected chi connectivity index (χ1v) is 8.50. The van der Waals surface area contributed by atoms with E-state index in [2.05, 4.69) is 10.1 Å². The van der Waals surface area contributed by atoms with Crippen LogP contribution in [-0.2, 0) is 14.8 Å². The first-order chi connectivity index (χ1) is 9.85. The molecule has 1 aliphatic heterocycles. The second-order valence-corrected chi connectivity index (χ2v) is 7.71. The number of nitrogens with one attached hydrogen (secondary N) is 2. The SMILES string of the molecule is CC(NS(=O)(=O)c1cc([N+](=O)[O-])c(NN)s1)C1CCOC1. The standard InChI is InChI=1S/C10H16N4O5S2/c1-6(7-2-3-19-5-7)13-21(17,18)9-4-8(14(15)16)10(12-11)20-9/h4,6-7,12-13H,2-3,5,11H2,1H3. The summed E-state index contributed by atoms with van der Waals surface area (Å²) < 4.78 is 32.1. The third kappa shape index (κ3) is 3.49. The van der Waals surface area contributed by atoms with Crippen LogP contribution in [-0.4, -0.2) is 32.6 Å². The average molecular weight is 336 g/mol. The lowest BCUT2D eigenvalue weighted by molar-refractivity contribution is -0.383. The van der Waals surface area contributed by atoms with Gasteiger partial charge < -0.3 is 10.2 Å². The molecule has 1 fully saturated rings. The van der Waals surface area contributed by atoms with Gasteiger partial charge in [0.2, 0.25) is 0 Å². The predicted molar refractivity (Wildman–Crippen MR) is 77.5 cm³/mol. The van der Waals surface area contributed by atoms with Gasteiger partial charge in [0.15, 0.2) is 5.00 Å². The van der Waals surface area contributed by atoms with Crippen molar-refractivity contribution < 1.29 is 18.1 Å². The van der Waals surface area contributed by atoms with Crippen molar-refractivity contribution in [2.45, 2.75) is 23.6 Å². The van der Waals surface area contributed by atoms with Gasteiger partial charge in [-0.15, -0.1) is 0 Å². The van der Waals surface area contributed by atoms with E-state index in [1.54, 1.807) is 6.92 Å². The summed E-state index contributed by atoms with van der Waals surface area (Å²) >= 11 is 0.720. The van der Waals surface area contributed by atoms with Gasteiger partial charge in [-0.2, -0.15) is 0 Å². The Labute approximate surface area is 125 Å². The van der Waals surface area contributed by atoms with Gasteiger partial charge in [-0.1, -0.05) is 11.3 Å². The maximum Gasteiger partial charge on any atom is 0.306 e. The van der Waals surface area contributed by atoms with Crippen molar-refractivity contribution in [3.05, 3.63) is 16.2 Å². The Balaban J connectivity index is 2.20. The molecule has 2 rings (SSSR count). The molecule has 0 radical (unpaired) electrons. The van der Waals surface area contributed by atoms with Crippen molar-refractivity contribution in [2.75, 3.05) is 18.6 Å². The number of rotatable bonds is 6. The molecule has 21 heavy (non-hydrogen) atoms. The second-order valence-electron chi connectivity index (χ2n) is 4.71. The fourth-order valence-electron chi connectivity index (χ4n) is 2.08. The molecule has 2 unspecified atom stereocenters. The number of ether oxygens (including phenoxy) is 1. The third-order valence-corrected chi connectivity index (χ3v) is 6.38. The van der Waals surface area contributed by atoms with Crippen LogP contribution in [0, 0.1) is 16.0 Å². The molecule has 0 aromatic carbocycles. The maximum atomic E-state index is 12.3. The summed E-state index contributed by atoms with van der Waals surface area (Å²) in [5.74, 6) is 5.27. The molecular formula is C10H16N4O5S2. The largest absolute Gasteiger partial charge is 0.381 e. The first-order valence-electron chi connectivity index (χ1n) is 6.20. The molecule has 1 aromatic rings. The quantitative estimate of drug-likeness (QED) is 0.394. The van der Waals surface area contributed by atoms with Gasteiger partial charge in [0.1, 0.15) is 4.21 Å². The second kappa shape index (κ2) is 6.23. The van der Waals surface area contributed by atoms with Gasteiger partial charge in [-0.05, 0) is 13.3 Å². The molecule has 11 heteroatoms. The molecule has 118 valence electrons. The number of hydrogen-bond donors (Lipinski definition) is 3. The molecule has 0 spiro atoms. The van der Waals surface area contributed by atoms with Crippen molar-refractivity contribution in [1.29, 1.82) is 0 Å². The lowest BCUT2D eigenvalue weighted by atomic mass is 10.0. The van der Waals surface area contributed by atoms with Gasteiger partial charge in [-0.3, -0.25) is 10.1 Å². The van der Waals surface area contributed by atoms with Crippen LogP contribution < -0.4 is 16.0 Å². The Hall–Kier alpha value is -1.27. The third-order valence-electron chi connectivity index (χ3n) is 3.30. The van der Waals surface area contributed by atoms with Crippen molar-refractivity contribution >= 4 is 32.0 Å². The Bertz CT molecular complexity index is 623. The van der Waals surface area contributed by atoms with Gasteiger partial charge in [0.25, 0.3) is 10.0 Å². The van der Waals surface area contributed by atoms with E-state index in [4.69, 9.17) is 10.6 Å². The number of hydrogen-bond acceptors (Lipinski definition) is 8. The molecule has 1 aliphatic rings. The molecule has 0 amide bonds. The predicted octanol–water partition coefficient (Wildman–Crippen LogP) is 0.645. The number of nitrogens with zero attached hydrogens (tertiary/aromatic N) is 1. The van der Waals surface area contributed by atoms with E-state index in [-0.39, 0.29) is 26.9 Å². The van der Waals surface area contributed by atoms with Crippen LogP contribution in [0.15, 0.2) is 10.3 Å². The summed E-state index contributed by atoms with van der Waals surface area (Å²) in [7, 11) is -3.83. The fraction of sp³-hybridized carbons (Fsp3) is 0.600. The maximum absolute atomic E-state index is 12.3. The summed E-state index contributed by atoms with van der Waals surface area (Å²) in [6, 6.07) is 0.688. The number of nitro groups is 1. The van der Waals surface area contributed by atoms with E-state index in [9.17, 15) is 18.5 Å². The molecular weight excluding hydrogens is 320 g/mol. The number of thiophene rings is 1. The van der Waals surface area contributed by atoms with E-state index in [0.717, 1.165) is 23.8 Å². The van der Waals surface area contributed by atoms with Crippen LogP contribution >= 0.6 is 11.3 Å². The highest BCUT2D eigenvalue weighted by molar-refractivity contribution is 7.91. The summed E-state index contributed by atoms with van der Waals surface area (Å²) in [5.41, 5.74) is 1.78. The van der Waals surface area contributed by atoms with Gasteiger partial charge in [0.05, 0.1) is 11.5 Å². The molecule has 0 aliphatic carbocycles. The number of hydrazine groups is 1. The van der Waals surface area contributed by atoms with Crippen LogP contribution in [0.3, 0.4) is 0 Å². The monoisotopic (exact) mass is 336 g/mol. The number of nitrogens with two attached hydrogens (primary N) is 1. The van der Waals surface area contributed by atoms with Crippen LogP contribution in [0.25, 0.3) is 0 Å². The van der Waals surface area contributed by atoms with E-state index in [1.165, 1.54) is 0 Å². The zero-order chi connectivity index (χ0) is 15.6. The smallest absolute Gasteiger partial charge is 0.306 e. The van der Waals surface area contributed by atoms with Crippen LogP contribution in [0.5, 0.6) is 0 Å². The van der Waals surface area contributed by atoms with Gasteiger partial charge in [-0.25, -0.2) is 19.0 Å². The van der Waals surface area contributed by atoms with Crippen molar-refractivity contribution in [3.8, 4) is 0 Å². The zero-order valence-electron chi connectivity index (χ0n) is 11.2. The minimum Gasteiger partial charge on any atom is -0.381 e. The summed E-state index contributed by atoms with van der Waals surface area (Å²) in [6.07, 6.45) is 0.782. The molecule has 0 bridgehead atoms. The Kier molecular flexibility index (Phi) is 4.78. The van der Waals surface area contributed by atoms with Crippen LogP contribution in [0.2, 0.25) is 0 Å². The Morgan fingerprint density at radius 3 is 2.81 bits per heavy atom. The highest BCUT2D eigenvalue weighted by Crippen LogP contribution is 2.36. The van der Waals surface area contributed by atoms with E-state index < -0.39 is 14.9 Å². The minimum atomic E-state index is -3.83. The highest BCUT2D eigenvalue weighted by Gasteiger charge is 2.30. The van der Waals surface area contributed by atoms with E-state index in [0.29, 0.717) is 13.2 Å².